The van der Waals surface area contributed by atoms with Crippen LogP contribution in [0.1, 0.15) is 0 Å². The molecule has 0 saturated carbocycles. The van der Waals surface area contributed by atoms with Crippen molar-refractivity contribution >= 4 is 112 Å². The lowest BCUT2D eigenvalue weighted by atomic mass is 10.0. The van der Waals surface area contributed by atoms with E-state index in [4.69, 9.17) is 4.42 Å². The van der Waals surface area contributed by atoms with E-state index >= 15 is 0 Å². The Bertz CT molecular complexity index is 3630. The molecular weight excluding hydrogens is 770 g/mol. The van der Waals surface area contributed by atoms with Crippen molar-refractivity contribution in [3.05, 3.63) is 206 Å². The first-order chi connectivity index (χ1) is 29.7. The maximum atomic E-state index is 6.42. The second-order valence-electron chi connectivity index (χ2n) is 15.4. The van der Waals surface area contributed by atoms with Crippen LogP contribution in [-0.2, 0) is 0 Å². The normalized spacial score (nSPS) is 14.1. The molecule has 1 unspecified atom stereocenters. The Labute approximate surface area is 351 Å². The van der Waals surface area contributed by atoms with E-state index in [0.717, 1.165) is 33.1 Å². The monoisotopic (exact) mass is 803 g/mol. The molecule has 0 radical (unpaired) electrons. The van der Waals surface area contributed by atoms with Gasteiger partial charge in [-0.1, -0.05) is 115 Å². The molecule has 1 aliphatic heterocycles. The number of furan rings is 1. The van der Waals surface area contributed by atoms with Crippen LogP contribution in [0.5, 0.6) is 0 Å². The molecule has 4 heterocycles. The lowest BCUT2D eigenvalue weighted by molar-refractivity contribution is 0.669. The van der Waals surface area contributed by atoms with Crippen molar-refractivity contribution in [1.82, 2.24) is 4.57 Å². The van der Waals surface area contributed by atoms with Gasteiger partial charge in [-0.05, 0) is 96.1 Å². The van der Waals surface area contributed by atoms with Gasteiger partial charge in [-0.2, -0.15) is 0 Å². The first-order valence-corrected chi connectivity index (χ1v) is 22.3. The van der Waals surface area contributed by atoms with Crippen LogP contribution in [0.25, 0.3) is 80.7 Å². The first kappa shape index (κ1) is 33.8. The van der Waals surface area contributed by atoms with Crippen LogP contribution in [0.3, 0.4) is 0 Å². The van der Waals surface area contributed by atoms with Crippen LogP contribution in [0.2, 0.25) is 0 Å². The van der Waals surface area contributed by atoms with E-state index in [1.54, 1.807) is 0 Å². The number of hydrogen-bond donors (Lipinski definition) is 0. The minimum Gasteiger partial charge on any atom is -0.456 e. The van der Waals surface area contributed by atoms with Gasteiger partial charge < -0.3 is 8.98 Å². The minimum absolute atomic E-state index is 0.905. The fourth-order valence-corrected chi connectivity index (χ4v) is 12.9. The maximum Gasteiger partial charge on any atom is 0.138 e. The smallest absolute Gasteiger partial charge is 0.138 e. The summed E-state index contributed by atoms with van der Waals surface area (Å²) >= 11 is 1.86. The van der Waals surface area contributed by atoms with Crippen molar-refractivity contribution in [2.45, 2.75) is 0 Å². The van der Waals surface area contributed by atoms with Crippen LogP contribution in [0.4, 0.5) is 22.7 Å². The number of benzene rings is 9. The fourth-order valence-electron chi connectivity index (χ4n) is 9.32. The molecule has 4 nitrogen and oxygen atoms in total. The predicted molar refractivity (Wildman–Crippen MR) is 257 cm³/mol. The lowest BCUT2D eigenvalue weighted by Gasteiger charge is -2.32. The molecule has 6 heteroatoms. The molecule has 1 atom stereocenters. The average molecular weight is 804 g/mol. The highest BCUT2D eigenvalue weighted by atomic mass is 32.1. The van der Waals surface area contributed by atoms with Crippen molar-refractivity contribution in [1.29, 1.82) is 0 Å². The van der Waals surface area contributed by atoms with Crippen molar-refractivity contribution in [2.24, 2.45) is 0 Å². The number of hydrogen-bond acceptors (Lipinski definition) is 4. The standard InChI is InChI=1S/C54H34N3OPS/c1-4-14-37(15-5-1)56-48-27-24-36(31-50(48)57(38-16-6-2-7-17-38)59(56)40-18-8-3-9-19-40)35-25-28-53-45(30-35)46-32-39(26-29-54(46)60-53)55-47-22-12-10-20-41(47)43-33-44-42-21-11-13-23-51(42)58-52(44)34-49(43)55/h1-34H. The van der Waals surface area contributed by atoms with E-state index in [1.165, 1.54) is 75.6 Å². The van der Waals surface area contributed by atoms with Crippen molar-refractivity contribution in [3.8, 4) is 16.8 Å². The van der Waals surface area contributed by atoms with E-state index in [9.17, 15) is 0 Å². The SMILES string of the molecule is c1ccc(N2c3ccc(-c4ccc5sc6ccc(-n7c8ccccc8c8cc9c(cc87)oc7ccccc79)cc6c5c4)cc3N(c3ccccc3)P2c2ccccc2)cc1. The summed E-state index contributed by atoms with van der Waals surface area (Å²) < 4.78 is 16.5. The quantitative estimate of drug-likeness (QED) is 0.162. The Kier molecular flexibility index (Phi) is 7.41. The molecular formula is C54H34N3OPS. The van der Waals surface area contributed by atoms with Gasteiger partial charge in [0.15, 0.2) is 0 Å². The third-order valence-corrected chi connectivity index (χ3v) is 15.6. The summed E-state index contributed by atoms with van der Waals surface area (Å²) in [6.07, 6.45) is 0. The number of rotatable bonds is 5. The molecule has 1 aliphatic rings. The summed E-state index contributed by atoms with van der Waals surface area (Å²) in [5, 5.41) is 8.59. The van der Waals surface area contributed by atoms with Crippen molar-refractivity contribution in [3.63, 3.8) is 0 Å². The van der Waals surface area contributed by atoms with E-state index < -0.39 is 8.22 Å². The average Bonchev–Trinajstić information content (AvgIpc) is 4.06. The highest BCUT2D eigenvalue weighted by Crippen LogP contribution is 2.65. The summed E-state index contributed by atoms with van der Waals surface area (Å²) in [7, 11) is -0.975. The van der Waals surface area contributed by atoms with Gasteiger partial charge in [-0.25, -0.2) is 0 Å². The zero-order valence-electron chi connectivity index (χ0n) is 32.2. The number of fused-ring (bicyclic) bond motifs is 10. The Hall–Kier alpha value is -7.17. The number of nitrogens with zero attached hydrogens (tertiary/aromatic N) is 3. The van der Waals surface area contributed by atoms with Crippen molar-refractivity contribution in [2.75, 3.05) is 9.34 Å². The first-order valence-electron chi connectivity index (χ1n) is 20.3. The summed E-state index contributed by atoms with van der Waals surface area (Å²) in [5.41, 5.74) is 12.5. The molecule has 9 aromatic carbocycles. The number of anilines is 4. The molecule has 0 fully saturated rings. The van der Waals surface area contributed by atoms with Gasteiger partial charge >= 0.3 is 0 Å². The van der Waals surface area contributed by atoms with E-state index in [1.807, 2.05) is 17.4 Å². The number of aromatic nitrogens is 1. The molecule has 13 rings (SSSR count). The molecule has 0 amide bonds. The minimum atomic E-state index is -0.975. The summed E-state index contributed by atoms with van der Waals surface area (Å²) in [4.78, 5) is 0. The van der Waals surface area contributed by atoms with Gasteiger partial charge in [-0.3, -0.25) is 9.34 Å². The van der Waals surface area contributed by atoms with E-state index in [2.05, 4.69) is 214 Å². The Morgan fingerprint density at radius 3 is 1.77 bits per heavy atom. The molecule has 12 aromatic rings. The van der Waals surface area contributed by atoms with Gasteiger partial charge in [0.25, 0.3) is 0 Å². The van der Waals surface area contributed by atoms with Gasteiger partial charge in [0.2, 0.25) is 0 Å². The second-order valence-corrected chi connectivity index (χ2v) is 18.4. The fraction of sp³-hybridized carbons (Fsp3) is 0. The zero-order valence-corrected chi connectivity index (χ0v) is 33.9. The molecule has 60 heavy (non-hydrogen) atoms. The Morgan fingerprint density at radius 1 is 0.367 bits per heavy atom. The summed E-state index contributed by atoms with van der Waals surface area (Å²) in [6.45, 7) is 0. The van der Waals surface area contributed by atoms with E-state index in [0.29, 0.717) is 0 Å². The van der Waals surface area contributed by atoms with Gasteiger partial charge in [0.1, 0.15) is 19.4 Å². The van der Waals surface area contributed by atoms with Gasteiger partial charge in [0, 0.05) is 70.2 Å². The third-order valence-electron chi connectivity index (χ3n) is 12.0. The molecule has 0 saturated heterocycles. The van der Waals surface area contributed by atoms with Crippen LogP contribution >= 0.6 is 19.6 Å². The van der Waals surface area contributed by atoms with E-state index in [-0.39, 0.29) is 0 Å². The van der Waals surface area contributed by atoms with Crippen LogP contribution in [0, 0.1) is 0 Å². The maximum absolute atomic E-state index is 6.42. The highest BCUT2D eigenvalue weighted by Gasteiger charge is 2.40. The summed E-state index contributed by atoms with van der Waals surface area (Å²) in [6, 6.07) is 75.3. The van der Waals surface area contributed by atoms with Crippen LogP contribution < -0.4 is 14.6 Å². The van der Waals surface area contributed by atoms with Gasteiger partial charge in [-0.15, -0.1) is 11.3 Å². The molecule has 0 bridgehead atoms. The highest BCUT2D eigenvalue weighted by molar-refractivity contribution is 7.70. The molecule has 3 aromatic heterocycles. The molecule has 0 spiro atoms. The largest absolute Gasteiger partial charge is 0.456 e. The molecule has 0 N–H and O–H groups in total. The summed E-state index contributed by atoms with van der Waals surface area (Å²) in [5.74, 6) is 0. The topological polar surface area (TPSA) is 24.6 Å². The third kappa shape index (κ3) is 5.07. The predicted octanol–water partition coefficient (Wildman–Crippen LogP) is 15.6. The van der Waals surface area contributed by atoms with Crippen LogP contribution in [-0.4, -0.2) is 4.57 Å². The van der Waals surface area contributed by atoms with Crippen molar-refractivity contribution < 1.29 is 4.42 Å². The zero-order chi connectivity index (χ0) is 39.3. The second kappa shape index (κ2) is 13.2. The van der Waals surface area contributed by atoms with Gasteiger partial charge in [0.05, 0.1) is 22.4 Å². The molecule has 282 valence electrons. The Balaban J connectivity index is 0.976. The Morgan fingerprint density at radius 2 is 0.983 bits per heavy atom. The van der Waals surface area contributed by atoms with Crippen LogP contribution in [0.15, 0.2) is 211 Å². The molecule has 0 aliphatic carbocycles. The number of para-hydroxylation sites is 4. The number of thiophene rings is 1. The lowest BCUT2D eigenvalue weighted by Crippen LogP contribution is -2.21.